The number of phenolic OH excluding ortho intramolecular Hbond substituents is 1. The molecule has 26 heavy (non-hydrogen) atoms. The molecule has 0 unspecified atom stereocenters. The van der Waals surface area contributed by atoms with Gasteiger partial charge in [-0.1, -0.05) is 23.2 Å². The van der Waals surface area contributed by atoms with Crippen LogP contribution in [0.3, 0.4) is 0 Å². The number of hydrogen-bond donors (Lipinski definition) is 3. The monoisotopic (exact) mass is 395 g/mol. The second kappa shape index (κ2) is 9.07. The van der Waals surface area contributed by atoms with Crippen LogP contribution in [0.15, 0.2) is 41.5 Å². The quantitative estimate of drug-likeness (QED) is 0.516. The number of amides is 2. The van der Waals surface area contributed by atoms with Crippen LogP contribution in [0.5, 0.6) is 11.5 Å². The van der Waals surface area contributed by atoms with Crippen LogP contribution in [0, 0.1) is 0 Å². The van der Waals surface area contributed by atoms with Gasteiger partial charge in [0.15, 0.2) is 0 Å². The molecule has 2 aromatic rings. The molecule has 0 spiro atoms. The first kappa shape index (κ1) is 19.6. The lowest BCUT2D eigenvalue weighted by molar-refractivity contribution is -0.120. The molecule has 0 aliphatic rings. The number of hydrogen-bond acceptors (Lipinski definition) is 5. The van der Waals surface area contributed by atoms with Crippen LogP contribution in [0.1, 0.15) is 15.9 Å². The van der Waals surface area contributed by atoms with Crippen molar-refractivity contribution < 1.29 is 19.4 Å². The largest absolute Gasteiger partial charge is 0.507 e. The molecule has 2 rings (SSSR count). The fourth-order valence-electron chi connectivity index (χ4n) is 1.88. The summed E-state index contributed by atoms with van der Waals surface area (Å²) in [4.78, 5) is 23.7. The van der Waals surface area contributed by atoms with Gasteiger partial charge in [0.1, 0.15) is 11.5 Å². The highest BCUT2D eigenvalue weighted by Gasteiger charge is 2.09. The first-order valence-electron chi connectivity index (χ1n) is 7.33. The predicted octanol–water partition coefficient (Wildman–Crippen LogP) is 2.59. The molecule has 0 fully saturated rings. The van der Waals surface area contributed by atoms with E-state index in [-0.39, 0.29) is 22.9 Å². The summed E-state index contributed by atoms with van der Waals surface area (Å²) in [6.45, 7) is -0.291. The van der Waals surface area contributed by atoms with Crippen molar-refractivity contribution in [2.24, 2.45) is 5.10 Å². The van der Waals surface area contributed by atoms with Crippen LogP contribution in [-0.2, 0) is 4.79 Å². The first-order chi connectivity index (χ1) is 12.4. The fourth-order valence-corrected chi connectivity index (χ4v) is 2.17. The number of methoxy groups -OCH3 is 1. The molecule has 2 amide bonds. The van der Waals surface area contributed by atoms with Gasteiger partial charge in [-0.25, -0.2) is 5.43 Å². The fraction of sp³-hybridized carbons (Fsp3) is 0.118. The van der Waals surface area contributed by atoms with Gasteiger partial charge in [-0.15, -0.1) is 0 Å². The van der Waals surface area contributed by atoms with Gasteiger partial charge < -0.3 is 15.2 Å². The second-order valence-electron chi connectivity index (χ2n) is 5.03. The van der Waals surface area contributed by atoms with E-state index < -0.39 is 11.8 Å². The number of benzene rings is 2. The van der Waals surface area contributed by atoms with Gasteiger partial charge in [0.05, 0.1) is 29.9 Å². The third-order valence-corrected chi connectivity index (χ3v) is 3.96. The van der Waals surface area contributed by atoms with Crippen molar-refractivity contribution in [3.63, 3.8) is 0 Å². The molecule has 0 atom stereocenters. The number of carbonyl (C=O) groups is 2. The standard InChI is InChI=1S/C17H15Cl2N3O4/c1-26-12-3-5-15(23)11(6-12)8-21-22-16(24)9-20-17(25)10-2-4-13(18)14(19)7-10/h2-8,23H,9H2,1H3,(H,20,25)(H,22,24)/b21-8-. The minimum atomic E-state index is -0.544. The Morgan fingerprint density at radius 1 is 1.19 bits per heavy atom. The molecular formula is C17H15Cl2N3O4. The van der Waals surface area contributed by atoms with Crippen LogP contribution in [-0.4, -0.2) is 36.8 Å². The number of halogens is 2. The number of nitrogens with zero attached hydrogens (tertiary/aromatic N) is 1. The predicted molar refractivity (Wildman–Crippen MR) is 99.2 cm³/mol. The number of hydrazone groups is 1. The summed E-state index contributed by atoms with van der Waals surface area (Å²) in [6, 6.07) is 8.97. The summed E-state index contributed by atoms with van der Waals surface area (Å²) in [6.07, 6.45) is 1.26. The van der Waals surface area contributed by atoms with Gasteiger partial charge >= 0.3 is 0 Å². The van der Waals surface area contributed by atoms with E-state index >= 15 is 0 Å². The molecule has 0 bridgehead atoms. The molecular weight excluding hydrogens is 381 g/mol. The van der Waals surface area contributed by atoms with E-state index in [9.17, 15) is 14.7 Å². The Hall–Kier alpha value is -2.77. The molecule has 2 aromatic carbocycles. The van der Waals surface area contributed by atoms with Crippen LogP contribution >= 0.6 is 23.2 Å². The Balaban J connectivity index is 1.87. The molecule has 3 N–H and O–H groups in total. The number of nitrogens with one attached hydrogen (secondary N) is 2. The van der Waals surface area contributed by atoms with Gasteiger partial charge in [0.25, 0.3) is 11.8 Å². The maximum absolute atomic E-state index is 11.9. The molecule has 0 saturated heterocycles. The van der Waals surface area contributed by atoms with Crippen molar-refractivity contribution in [2.45, 2.75) is 0 Å². The van der Waals surface area contributed by atoms with E-state index in [2.05, 4.69) is 15.8 Å². The molecule has 0 radical (unpaired) electrons. The smallest absolute Gasteiger partial charge is 0.259 e. The first-order valence-corrected chi connectivity index (χ1v) is 8.08. The Morgan fingerprint density at radius 3 is 2.65 bits per heavy atom. The van der Waals surface area contributed by atoms with Crippen molar-refractivity contribution in [2.75, 3.05) is 13.7 Å². The van der Waals surface area contributed by atoms with Crippen LogP contribution < -0.4 is 15.5 Å². The third kappa shape index (κ3) is 5.37. The summed E-state index contributed by atoms with van der Waals surface area (Å²) in [5.74, 6) is -0.508. The van der Waals surface area contributed by atoms with Gasteiger partial charge in [-0.05, 0) is 36.4 Å². The molecule has 0 aromatic heterocycles. The topological polar surface area (TPSA) is 100 Å². The lowest BCUT2D eigenvalue weighted by atomic mass is 10.2. The van der Waals surface area contributed by atoms with Crippen molar-refractivity contribution >= 4 is 41.2 Å². The van der Waals surface area contributed by atoms with E-state index in [1.807, 2.05) is 0 Å². The SMILES string of the molecule is COc1ccc(O)c(/C=N\NC(=O)CNC(=O)c2ccc(Cl)c(Cl)c2)c1. The summed E-state index contributed by atoms with van der Waals surface area (Å²) in [5.41, 5.74) is 2.88. The lowest BCUT2D eigenvalue weighted by Gasteiger charge is -2.05. The molecule has 0 aliphatic heterocycles. The highest BCUT2D eigenvalue weighted by Crippen LogP contribution is 2.22. The number of phenols is 1. The maximum atomic E-state index is 11.9. The summed E-state index contributed by atoms with van der Waals surface area (Å²) >= 11 is 11.6. The second-order valence-corrected chi connectivity index (χ2v) is 5.84. The zero-order valence-corrected chi connectivity index (χ0v) is 15.1. The Labute approximate surface area is 159 Å². The van der Waals surface area contributed by atoms with Crippen molar-refractivity contribution in [1.29, 1.82) is 0 Å². The van der Waals surface area contributed by atoms with Gasteiger partial charge in [0, 0.05) is 11.1 Å². The van der Waals surface area contributed by atoms with Gasteiger partial charge in [-0.2, -0.15) is 5.10 Å². The molecule has 136 valence electrons. The molecule has 0 heterocycles. The van der Waals surface area contributed by atoms with E-state index in [0.717, 1.165) is 0 Å². The molecule has 9 heteroatoms. The summed E-state index contributed by atoms with van der Waals surface area (Å²) in [7, 11) is 1.49. The maximum Gasteiger partial charge on any atom is 0.259 e. The summed E-state index contributed by atoms with van der Waals surface area (Å²) in [5, 5.41) is 16.4. The Kier molecular flexibility index (Phi) is 6.82. The van der Waals surface area contributed by atoms with E-state index in [1.54, 1.807) is 12.1 Å². The highest BCUT2D eigenvalue weighted by atomic mass is 35.5. The van der Waals surface area contributed by atoms with Crippen LogP contribution in [0.25, 0.3) is 0 Å². The zero-order chi connectivity index (χ0) is 19.1. The van der Waals surface area contributed by atoms with Crippen molar-refractivity contribution in [1.82, 2.24) is 10.7 Å². The van der Waals surface area contributed by atoms with Crippen molar-refractivity contribution in [3.8, 4) is 11.5 Å². The van der Waals surface area contributed by atoms with Crippen LogP contribution in [0.2, 0.25) is 10.0 Å². The third-order valence-electron chi connectivity index (χ3n) is 3.22. The Morgan fingerprint density at radius 2 is 1.96 bits per heavy atom. The molecule has 0 aliphatic carbocycles. The minimum Gasteiger partial charge on any atom is -0.507 e. The minimum absolute atomic E-state index is 0.0169. The molecule has 7 nitrogen and oxygen atoms in total. The Bertz CT molecular complexity index is 856. The average Bonchev–Trinajstić information content (AvgIpc) is 2.63. The van der Waals surface area contributed by atoms with Crippen molar-refractivity contribution in [3.05, 3.63) is 57.6 Å². The van der Waals surface area contributed by atoms with Gasteiger partial charge in [-0.3, -0.25) is 9.59 Å². The van der Waals surface area contributed by atoms with Gasteiger partial charge in [0.2, 0.25) is 0 Å². The summed E-state index contributed by atoms with van der Waals surface area (Å²) < 4.78 is 5.03. The average molecular weight is 396 g/mol. The van der Waals surface area contributed by atoms with E-state index in [4.69, 9.17) is 27.9 Å². The van der Waals surface area contributed by atoms with Crippen LogP contribution in [0.4, 0.5) is 0 Å². The number of rotatable bonds is 6. The number of ether oxygens (including phenoxy) is 1. The van der Waals surface area contributed by atoms with E-state index in [0.29, 0.717) is 16.3 Å². The van der Waals surface area contributed by atoms with E-state index in [1.165, 1.54) is 37.6 Å². The zero-order valence-electron chi connectivity index (χ0n) is 13.6. The number of aromatic hydroxyl groups is 1. The number of carbonyl (C=O) groups excluding carboxylic acids is 2. The molecule has 0 saturated carbocycles. The highest BCUT2D eigenvalue weighted by molar-refractivity contribution is 6.42. The lowest BCUT2D eigenvalue weighted by Crippen LogP contribution is -2.34. The normalized spacial score (nSPS) is 10.6.